The summed E-state index contributed by atoms with van der Waals surface area (Å²) in [6.07, 6.45) is 0. The van der Waals surface area contributed by atoms with Crippen LogP contribution >= 0.6 is 0 Å². The van der Waals surface area contributed by atoms with Gasteiger partial charge >= 0.3 is 5.97 Å². The van der Waals surface area contributed by atoms with Crippen molar-refractivity contribution in [1.82, 2.24) is 4.90 Å². The second-order valence-corrected chi connectivity index (χ2v) is 8.52. The summed E-state index contributed by atoms with van der Waals surface area (Å²) in [5, 5.41) is 6.36. The third kappa shape index (κ3) is 5.77. The van der Waals surface area contributed by atoms with Gasteiger partial charge in [-0.1, -0.05) is 48.5 Å². The van der Waals surface area contributed by atoms with E-state index in [0.29, 0.717) is 29.1 Å². The minimum atomic E-state index is -0.462. The maximum Gasteiger partial charge on any atom is 0.338 e. The van der Waals surface area contributed by atoms with E-state index in [4.69, 9.17) is 9.47 Å². The molecule has 35 heavy (non-hydrogen) atoms. The van der Waals surface area contributed by atoms with E-state index in [1.165, 1.54) is 5.56 Å². The van der Waals surface area contributed by atoms with Crippen LogP contribution in [0.2, 0.25) is 0 Å². The molecule has 0 bridgehead atoms. The summed E-state index contributed by atoms with van der Waals surface area (Å²) in [6.45, 7) is 1.33. The standard InChI is InChI=1S/C28H29N3O4/c1-31(2)18-19-9-12-22(13-10-19)29-26(20-7-5-4-6-8-20)25-23-14-11-21(17-24(23)30-27(25)32)28(33)35-16-15-34-3/h4-14,17,29H,15-16,18H2,1-3H3,(H,30,32). The second kappa shape index (κ2) is 11.0. The van der Waals surface area contributed by atoms with Gasteiger partial charge in [-0.05, 0) is 49.5 Å². The third-order valence-electron chi connectivity index (χ3n) is 5.56. The summed E-state index contributed by atoms with van der Waals surface area (Å²) in [5.41, 5.74) is 5.82. The van der Waals surface area contributed by atoms with Crippen molar-refractivity contribution >= 4 is 34.5 Å². The largest absolute Gasteiger partial charge is 0.460 e. The SMILES string of the molecule is COCCOC(=O)c1ccc2c(c1)NC(=O)C2=C(Nc1ccc(CN(C)C)cc1)c1ccccc1. The summed E-state index contributed by atoms with van der Waals surface area (Å²) >= 11 is 0. The molecule has 0 radical (unpaired) electrons. The lowest BCUT2D eigenvalue weighted by Crippen LogP contribution is -2.11. The van der Waals surface area contributed by atoms with E-state index < -0.39 is 5.97 Å². The van der Waals surface area contributed by atoms with Crippen LogP contribution in [-0.2, 0) is 20.8 Å². The highest BCUT2D eigenvalue weighted by Gasteiger charge is 2.29. The summed E-state index contributed by atoms with van der Waals surface area (Å²) in [4.78, 5) is 27.6. The average molecular weight is 472 g/mol. The molecule has 3 aromatic rings. The molecular weight excluding hydrogens is 442 g/mol. The summed E-state index contributed by atoms with van der Waals surface area (Å²) in [5.74, 6) is -0.698. The first-order valence-corrected chi connectivity index (χ1v) is 11.4. The molecule has 0 fully saturated rings. The van der Waals surface area contributed by atoms with Crippen molar-refractivity contribution in [3.05, 3.63) is 95.1 Å². The molecule has 1 heterocycles. The number of amides is 1. The zero-order valence-corrected chi connectivity index (χ0v) is 20.1. The molecule has 0 aliphatic carbocycles. The molecule has 1 aliphatic heterocycles. The number of benzene rings is 3. The maximum atomic E-state index is 13.2. The van der Waals surface area contributed by atoms with Crippen LogP contribution in [0.3, 0.4) is 0 Å². The third-order valence-corrected chi connectivity index (χ3v) is 5.56. The number of rotatable bonds is 9. The Kier molecular flexibility index (Phi) is 7.60. The number of nitrogens with zero attached hydrogens (tertiary/aromatic N) is 1. The van der Waals surface area contributed by atoms with Crippen LogP contribution in [0.4, 0.5) is 11.4 Å². The van der Waals surface area contributed by atoms with Crippen LogP contribution in [0.25, 0.3) is 11.3 Å². The number of carbonyl (C=O) groups is 2. The van der Waals surface area contributed by atoms with Gasteiger partial charge in [0.1, 0.15) is 6.61 Å². The quantitative estimate of drug-likeness (QED) is 0.272. The Morgan fingerprint density at radius 3 is 2.37 bits per heavy atom. The zero-order chi connectivity index (χ0) is 24.8. The van der Waals surface area contributed by atoms with Crippen molar-refractivity contribution in [3.63, 3.8) is 0 Å². The van der Waals surface area contributed by atoms with Crippen molar-refractivity contribution < 1.29 is 19.1 Å². The van der Waals surface area contributed by atoms with Crippen LogP contribution in [0.1, 0.15) is 27.0 Å². The number of hydrogen-bond acceptors (Lipinski definition) is 6. The van der Waals surface area contributed by atoms with E-state index >= 15 is 0 Å². The maximum absolute atomic E-state index is 13.2. The number of methoxy groups -OCH3 is 1. The normalized spacial score (nSPS) is 13.9. The predicted molar refractivity (Wildman–Crippen MR) is 138 cm³/mol. The lowest BCUT2D eigenvalue weighted by Gasteiger charge is -2.16. The summed E-state index contributed by atoms with van der Waals surface area (Å²) in [6, 6.07) is 23.0. The predicted octanol–water partition coefficient (Wildman–Crippen LogP) is 4.48. The first kappa shape index (κ1) is 24.2. The zero-order valence-electron chi connectivity index (χ0n) is 20.1. The van der Waals surface area contributed by atoms with E-state index in [1.807, 2.05) is 56.6 Å². The van der Waals surface area contributed by atoms with Gasteiger partial charge in [0.2, 0.25) is 0 Å². The number of esters is 1. The highest BCUT2D eigenvalue weighted by Crippen LogP contribution is 2.38. The van der Waals surface area contributed by atoms with Gasteiger partial charge in [-0.3, -0.25) is 4.79 Å². The van der Waals surface area contributed by atoms with Crippen LogP contribution in [0.5, 0.6) is 0 Å². The topological polar surface area (TPSA) is 79.9 Å². The molecule has 2 N–H and O–H groups in total. The number of carbonyl (C=O) groups excluding carboxylic acids is 2. The Morgan fingerprint density at radius 2 is 1.69 bits per heavy atom. The van der Waals surface area contributed by atoms with Crippen molar-refractivity contribution in [2.24, 2.45) is 0 Å². The molecule has 1 amide bonds. The molecule has 0 aromatic heterocycles. The van der Waals surface area contributed by atoms with Crippen LogP contribution in [0.15, 0.2) is 72.8 Å². The van der Waals surface area contributed by atoms with Gasteiger partial charge in [0, 0.05) is 24.9 Å². The van der Waals surface area contributed by atoms with Crippen LogP contribution in [-0.4, -0.2) is 51.2 Å². The first-order chi connectivity index (χ1) is 17.0. The van der Waals surface area contributed by atoms with Gasteiger partial charge in [0.15, 0.2) is 0 Å². The number of ether oxygens (including phenoxy) is 2. The van der Waals surface area contributed by atoms with Gasteiger partial charge < -0.3 is 25.0 Å². The Labute approximate surface area is 205 Å². The van der Waals surface area contributed by atoms with Crippen LogP contribution in [0, 0.1) is 0 Å². The van der Waals surface area contributed by atoms with Crippen molar-refractivity contribution in [2.45, 2.75) is 6.54 Å². The Hall–Kier alpha value is -3.94. The van der Waals surface area contributed by atoms with Gasteiger partial charge in [-0.15, -0.1) is 0 Å². The molecule has 0 atom stereocenters. The highest BCUT2D eigenvalue weighted by molar-refractivity contribution is 6.37. The van der Waals surface area contributed by atoms with Gasteiger partial charge in [0.25, 0.3) is 5.91 Å². The highest BCUT2D eigenvalue weighted by atomic mass is 16.6. The van der Waals surface area contributed by atoms with E-state index in [1.54, 1.807) is 25.3 Å². The number of anilines is 2. The van der Waals surface area contributed by atoms with Crippen molar-refractivity contribution in [3.8, 4) is 0 Å². The molecule has 4 rings (SSSR count). The molecule has 1 aliphatic rings. The number of hydrogen-bond donors (Lipinski definition) is 2. The van der Waals surface area contributed by atoms with E-state index in [-0.39, 0.29) is 12.5 Å². The summed E-state index contributed by atoms with van der Waals surface area (Å²) in [7, 11) is 5.61. The van der Waals surface area contributed by atoms with Gasteiger partial charge in [0.05, 0.1) is 29.1 Å². The fourth-order valence-corrected chi connectivity index (χ4v) is 3.94. The molecule has 7 nitrogen and oxygen atoms in total. The molecule has 0 unspecified atom stereocenters. The monoisotopic (exact) mass is 471 g/mol. The fraction of sp³-hybridized carbons (Fsp3) is 0.214. The minimum absolute atomic E-state index is 0.166. The van der Waals surface area contributed by atoms with E-state index in [9.17, 15) is 9.59 Å². The molecule has 180 valence electrons. The molecular formula is C28H29N3O4. The Balaban J connectivity index is 1.70. The Bertz CT molecular complexity index is 1230. The lowest BCUT2D eigenvalue weighted by molar-refractivity contribution is -0.110. The Morgan fingerprint density at radius 1 is 0.943 bits per heavy atom. The van der Waals surface area contributed by atoms with Crippen molar-refractivity contribution in [2.75, 3.05) is 45.1 Å². The van der Waals surface area contributed by atoms with E-state index in [0.717, 1.165) is 23.4 Å². The first-order valence-electron chi connectivity index (χ1n) is 11.4. The molecule has 0 spiro atoms. The minimum Gasteiger partial charge on any atom is -0.460 e. The fourth-order valence-electron chi connectivity index (χ4n) is 3.94. The smallest absolute Gasteiger partial charge is 0.338 e. The second-order valence-electron chi connectivity index (χ2n) is 8.52. The molecule has 3 aromatic carbocycles. The van der Waals surface area contributed by atoms with Gasteiger partial charge in [-0.25, -0.2) is 4.79 Å². The van der Waals surface area contributed by atoms with Crippen LogP contribution < -0.4 is 10.6 Å². The molecule has 0 saturated carbocycles. The number of nitrogens with one attached hydrogen (secondary N) is 2. The van der Waals surface area contributed by atoms with Gasteiger partial charge in [-0.2, -0.15) is 0 Å². The summed E-state index contributed by atoms with van der Waals surface area (Å²) < 4.78 is 10.1. The molecule has 7 heteroatoms. The molecule has 0 saturated heterocycles. The van der Waals surface area contributed by atoms with E-state index in [2.05, 4.69) is 27.7 Å². The lowest BCUT2D eigenvalue weighted by atomic mass is 9.99. The average Bonchev–Trinajstić information content (AvgIpc) is 3.18. The number of fused-ring (bicyclic) bond motifs is 1. The van der Waals surface area contributed by atoms with Crippen molar-refractivity contribution in [1.29, 1.82) is 0 Å².